The third kappa shape index (κ3) is 2.95. The Labute approximate surface area is 148 Å². The minimum absolute atomic E-state index is 0.219. The summed E-state index contributed by atoms with van der Waals surface area (Å²) in [5, 5.41) is 8.19. The average Bonchev–Trinajstić information content (AvgIpc) is 3.17. The molecule has 2 aromatic heterocycles. The van der Waals surface area contributed by atoms with Crippen LogP contribution >= 0.6 is 11.6 Å². The number of nitrogens with one attached hydrogen (secondary N) is 1. The molecular formula is C18H12ClN5O. The predicted molar refractivity (Wildman–Crippen MR) is 96.1 cm³/mol. The van der Waals surface area contributed by atoms with Gasteiger partial charge in [0.2, 0.25) is 0 Å². The molecule has 2 heterocycles. The van der Waals surface area contributed by atoms with Crippen molar-refractivity contribution in [1.29, 1.82) is 0 Å². The van der Waals surface area contributed by atoms with E-state index in [0.29, 0.717) is 27.2 Å². The van der Waals surface area contributed by atoms with Crippen LogP contribution in [0.3, 0.4) is 0 Å². The van der Waals surface area contributed by atoms with E-state index in [1.807, 2.05) is 30.3 Å². The van der Waals surface area contributed by atoms with Crippen molar-refractivity contribution in [2.24, 2.45) is 0 Å². The summed E-state index contributed by atoms with van der Waals surface area (Å²) in [5.74, 6) is -0.219. The Bertz CT molecular complexity index is 1040. The van der Waals surface area contributed by atoms with Gasteiger partial charge in [-0.25, -0.2) is 9.67 Å². The van der Waals surface area contributed by atoms with Gasteiger partial charge < -0.3 is 5.32 Å². The Kier molecular flexibility index (Phi) is 3.87. The molecule has 25 heavy (non-hydrogen) atoms. The zero-order valence-corrected chi connectivity index (χ0v) is 13.7. The van der Waals surface area contributed by atoms with E-state index >= 15 is 0 Å². The summed E-state index contributed by atoms with van der Waals surface area (Å²) >= 11 is 6.15. The summed E-state index contributed by atoms with van der Waals surface area (Å²) in [7, 11) is 0. The molecule has 7 heteroatoms. The van der Waals surface area contributed by atoms with E-state index < -0.39 is 0 Å². The first-order chi connectivity index (χ1) is 12.2. The van der Waals surface area contributed by atoms with Crippen molar-refractivity contribution in [3.05, 3.63) is 78.0 Å². The number of halogens is 1. The summed E-state index contributed by atoms with van der Waals surface area (Å²) in [4.78, 5) is 20.8. The highest BCUT2D eigenvalue weighted by Crippen LogP contribution is 2.25. The molecule has 1 N–H and O–H groups in total. The number of hydrogen-bond donors (Lipinski definition) is 1. The molecule has 0 fully saturated rings. The summed E-state index contributed by atoms with van der Waals surface area (Å²) in [6, 6.07) is 14.3. The van der Waals surface area contributed by atoms with Crippen molar-refractivity contribution in [3.63, 3.8) is 0 Å². The van der Waals surface area contributed by atoms with Crippen molar-refractivity contribution < 1.29 is 4.79 Å². The summed E-state index contributed by atoms with van der Waals surface area (Å²) in [6.07, 6.45) is 4.73. The van der Waals surface area contributed by atoms with E-state index in [9.17, 15) is 4.79 Å². The smallest absolute Gasteiger partial charge is 0.256 e. The normalized spacial score (nSPS) is 10.8. The van der Waals surface area contributed by atoms with Crippen LogP contribution in [0.15, 0.2) is 67.4 Å². The van der Waals surface area contributed by atoms with Crippen LogP contribution < -0.4 is 5.32 Å². The fourth-order valence-corrected chi connectivity index (χ4v) is 2.79. The second-order valence-electron chi connectivity index (χ2n) is 5.34. The molecule has 4 rings (SSSR count). The van der Waals surface area contributed by atoms with Crippen molar-refractivity contribution in [2.75, 3.05) is 5.32 Å². The maximum absolute atomic E-state index is 12.6. The molecule has 0 aliphatic heterocycles. The van der Waals surface area contributed by atoms with Gasteiger partial charge in [-0.1, -0.05) is 17.7 Å². The number of nitrogens with zero attached hydrogens (tertiary/aromatic N) is 4. The number of amides is 1. The Hall–Kier alpha value is -3.25. The number of rotatable bonds is 3. The minimum Gasteiger partial charge on any atom is -0.322 e. The predicted octanol–water partition coefficient (Wildman–Crippen LogP) is 3.72. The molecule has 0 atom stereocenters. The topological polar surface area (TPSA) is 72.7 Å². The largest absolute Gasteiger partial charge is 0.322 e. The van der Waals surface area contributed by atoms with Crippen LogP contribution in [0.1, 0.15) is 10.4 Å². The molecule has 0 bridgehead atoms. The van der Waals surface area contributed by atoms with Crippen LogP contribution in [0.5, 0.6) is 0 Å². The van der Waals surface area contributed by atoms with E-state index in [1.165, 1.54) is 6.33 Å². The van der Waals surface area contributed by atoms with Crippen molar-refractivity contribution in [2.45, 2.75) is 0 Å². The molecule has 0 aliphatic carbocycles. The average molecular weight is 350 g/mol. The lowest BCUT2D eigenvalue weighted by Crippen LogP contribution is -2.12. The quantitative estimate of drug-likeness (QED) is 0.611. The lowest BCUT2D eigenvalue weighted by molar-refractivity contribution is 0.102. The van der Waals surface area contributed by atoms with Gasteiger partial charge in [0, 0.05) is 22.8 Å². The molecule has 4 aromatic rings. The number of anilines is 1. The second-order valence-corrected chi connectivity index (χ2v) is 5.74. The van der Waals surface area contributed by atoms with Gasteiger partial charge in [0.15, 0.2) is 0 Å². The molecule has 0 aliphatic rings. The van der Waals surface area contributed by atoms with Crippen molar-refractivity contribution >= 4 is 34.1 Å². The molecule has 2 aromatic carbocycles. The van der Waals surface area contributed by atoms with Crippen LogP contribution in [-0.2, 0) is 0 Å². The lowest BCUT2D eigenvalue weighted by Gasteiger charge is -2.09. The lowest BCUT2D eigenvalue weighted by atomic mass is 10.1. The number of carbonyl (C=O) groups is 1. The van der Waals surface area contributed by atoms with Crippen molar-refractivity contribution in [1.82, 2.24) is 19.7 Å². The molecule has 6 nitrogen and oxygen atoms in total. The Morgan fingerprint density at radius 3 is 2.68 bits per heavy atom. The third-order valence-electron chi connectivity index (χ3n) is 3.77. The number of carbonyl (C=O) groups excluding carboxylic acids is 1. The van der Waals surface area contributed by atoms with E-state index in [1.54, 1.807) is 35.4 Å². The summed E-state index contributed by atoms with van der Waals surface area (Å²) in [5.41, 5.74) is 2.67. The molecule has 122 valence electrons. The van der Waals surface area contributed by atoms with Crippen LogP contribution in [-0.4, -0.2) is 25.7 Å². The first-order valence-corrected chi connectivity index (χ1v) is 7.90. The van der Waals surface area contributed by atoms with E-state index in [4.69, 9.17) is 11.6 Å². The number of pyridine rings is 1. The maximum Gasteiger partial charge on any atom is 0.256 e. The number of fused-ring (bicyclic) bond motifs is 1. The van der Waals surface area contributed by atoms with Gasteiger partial charge in [-0.2, -0.15) is 5.10 Å². The second kappa shape index (κ2) is 6.33. The van der Waals surface area contributed by atoms with Crippen LogP contribution in [0, 0.1) is 0 Å². The Morgan fingerprint density at radius 1 is 1.08 bits per heavy atom. The fourth-order valence-electron chi connectivity index (χ4n) is 2.57. The molecule has 0 saturated carbocycles. The zero-order valence-electron chi connectivity index (χ0n) is 12.9. The first-order valence-electron chi connectivity index (χ1n) is 7.52. The highest BCUT2D eigenvalue weighted by molar-refractivity contribution is 6.35. The Morgan fingerprint density at radius 2 is 1.92 bits per heavy atom. The molecular weight excluding hydrogens is 338 g/mol. The first kappa shape index (κ1) is 15.3. The SMILES string of the molecule is O=C(Nc1ccc(-n2cncn2)cc1)c1ccc(Cl)c2ncccc12. The van der Waals surface area contributed by atoms with Crippen molar-refractivity contribution in [3.8, 4) is 5.69 Å². The Balaban J connectivity index is 1.61. The van der Waals surface area contributed by atoms with Crippen LogP contribution in [0.4, 0.5) is 5.69 Å². The van der Waals surface area contributed by atoms with Gasteiger partial charge in [0.05, 0.1) is 16.2 Å². The van der Waals surface area contributed by atoms with Crippen LogP contribution in [0.25, 0.3) is 16.6 Å². The zero-order chi connectivity index (χ0) is 17.2. The minimum atomic E-state index is -0.219. The molecule has 0 unspecified atom stereocenters. The number of hydrogen-bond acceptors (Lipinski definition) is 4. The molecule has 0 spiro atoms. The van der Waals surface area contributed by atoms with E-state index in [0.717, 1.165) is 5.69 Å². The van der Waals surface area contributed by atoms with Gasteiger partial charge in [-0.15, -0.1) is 0 Å². The van der Waals surface area contributed by atoms with Gasteiger partial charge in [-0.05, 0) is 42.5 Å². The summed E-state index contributed by atoms with van der Waals surface area (Å²) in [6.45, 7) is 0. The van der Waals surface area contributed by atoms with Crippen LogP contribution in [0.2, 0.25) is 5.02 Å². The van der Waals surface area contributed by atoms with Gasteiger partial charge in [0.1, 0.15) is 12.7 Å². The monoisotopic (exact) mass is 349 g/mol. The molecule has 0 saturated heterocycles. The van der Waals surface area contributed by atoms with Gasteiger partial charge in [-0.3, -0.25) is 9.78 Å². The molecule has 0 radical (unpaired) electrons. The van der Waals surface area contributed by atoms with Gasteiger partial charge >= 0.3 is 0 Å². The van der Waals surface area contributed by atoms with E-state index in [-0.39, 0.29) is 5.91 Å². The van der Waals surface area contributed by atoms with Gasteiger partial charge in [0.25, 0.3) is 5.91 Å². The molecule has 1 amide bonds. The highest BCUT2D eigenvalue weighted by Gasteiger charge is 2.13. The highest BCUT2D eigenvalue weighted by atomic mass is 35.5. The number of aromatic nitrogens is 4. The van der Waals surface area contributed by atoms with E-state index in [2.05, 4.69) is 20.4 Å². The maximum atomic E-state index is 12.6. The standard InChI is InChI=1S/C18H12ClN5O/c19-16-8-7-15(14-2-1-9-21-17(14)16)18(25)23-12-3-5-13(6-4-12)24-11-20-10-22-24/h1-11H,(H,23,25). The fraction of sp³-hybridized carbons (Fsp3) is 0. The third-order valence-corrected chi connectivity index (χ3v) is 4.08. The summed E-state index contributed by atoms with van der Waals surface area (Å²) < 4.78 is 1.64. The number of benzene rings is 2.